The van der Waals surface area contributed by atoms with Crippen molar-refractivity contribution < 1.29 is 9.53 Å². The normalized spacial score (nSPS) is 10.4. The molecule has 0 atom stereocenters. The quantitative estimate of drug-likeness (QED) is 0.695. The first-order chi connectivity index (χ1) is 11.1. The van der Waals surface area contributed by atoms with Gasteiger partial charge in [0.15, 0.2) is 0 Å². The van der Waals surface area contributed by atoms with Crippen LogP contribution in [0.4, 0.5) is 0 Å². The minimum Gasteiger partial charge on any atom is -0.494 e. The molecular formula is C19H22ClNO2. The molecule has 0 N–H and O–H groups in total. The van der Waals surface area contributed by atoms with E-state index in [1.807, 2.05) is 62.5 Å². The number of hydrogen-bond donors (Lipinski definition) is 0. The van der Waals surface area contributed by atoms with E-state index in [2.05, 4.69) is 0 Å². The number of nitrogens with zero attached hydrogens (tertiary/aromatic N) is 1. The average Bonchev–Trinajstić information content (AvgIpc) is 2.55. The van der Waals surface area contributed by atoms with Gasteiger partial charge in [0.2, 0.25) is 0 Å². The molecule has 0 aromatic heterocycles. The number of aryl methyl sites for hydroxylation is 1. The maximum Gasteiger partial charge on any atom is 0.253 e. The summed E-state index contributed by atoms with van der Waals surface area (Å²) in [5.41, 5.74) is 1.84. The Kier molecular flexibility index (Phi) is 6.48. The Bertz CT molecular complexity index is 640. The van der Waals surface area contributed by atoms with Crippen molar-refractivity contribution in [2.24, 2.45) is 0 Å². The Balaban J connectivity index is 1.69. The van der Waals surface area contributed by atoms with Gasteiger partial charge in [0.25, 0.3) is 5.91 Å². The molecule has 0 saturated carbocycles. The van der Waals surface area contributed by atoms with E-state index in [-0.39, 0.29) is 5.91 Å². The van der Waals surface area contributed by atoms with Crippen LogP contribution in [0.25, 0.3) is 0 Å². The van der Waals surface area contributed by atoms with Crippen LogP contribution in [-0.4, -0.2) is 31.0 Å². The van der Waals surface area contributed by atoms with Crippen LogP contribution in [0.5, 0.6) is 5.75 Å². The number of carbonyl (C=O) groups is 1. The lowest BCUT2D eigenvalue weighted by molar-refractivity contribution is 0.0791. The van der Waals surface area contributed by atoms with Crippen molar-refractivity contribution in [1.29, 1.82) is 0 Å². The van der Waals surface area contributed by atoms with Crippen LogP contribution in [0.15, 0.2) is 48.5 Å². The zero-order chi connectivity index (χ0) is 16.7. The number of rotatable bonds is 7. The Morgan fingerprint density at radius 1 is 1.13 bits per heavy atom. The monoisotopic (exact) mass is 331 g/mol. The minimum atomic E-state index is 0.0623. The van der Waals surface area contributed by atoms with Crippen molar-refractivity contribution in [2.75, 3.05) is 20.2 Å². The van der Waals surface area contributed by atoms with Crippen LogP contribution in [0, 0.1) is 6.92 Å². The van der Waals surface area contributed by atoms with E-state index in [9.17, 15) is 4.79 Å². The van der Waals surface area contributed by atoms with E-state index in [0.717, 1.165) is 36.3 Å². The molecule has 0 saturated heterocycles. The molecule has 122 valence electrons. The van der Waals surface area contributed by atoms with Crippen molar-refractivity contribution >= 4 is 17.5 Å². The fourth-order valence-electron chi connectivity index (χ4n) is 2.27. The molecule has 0 unspecified atom stereocenters. The predicted molar refractivity (Wildman–Crippen MR) is 94.3 cm³/mol. The lowest BCUT2D eigenvalue weighted by Gasteiger charge is -2.17. The highest BCUT2D eigenvalue weighted by Gasteiger charge is 2.10. The topological polar surface area (TPSA) is 29.5 Å². The maximum absolute atomic E-state index is 12.3. The molecule has 0 heterocycles. The number of carbonyl (C=O) groups excluding carboxylic acids is 1. The molecular weight excluding hydrogens is 310 g/mol. The summed E-state index contributed by atoms with van der Waals surface area (Å²) in [6.07, 6.45) is 1.80. The zero-order valence-electron chi connectivity index (χ0n) is 13.6. The van der Waals surface area contributed by atoms with Gasteiger partial charge in [0.05, 0.1) is 6.61 Å². The van der Waals surface area contributed by atoms with Gasteiger partial charge in [-0.1, -0.05) is 29.3 Å². The Morgan fingerprint density at radius 3 is 2.57 bits per heavy atom. The van der Waals surface area contributed by atoms with Gasteiger partial charge >= 0.3 is 0 Å². The van der Waals surface area contributed by atoms with Crippen molar-refractivity contribution in [1.82, 2.24) is 4.90 Å². The second-order valence-electron chi connectivity index (χ2n) is 5.61. The molecule has 0 aliphatic carbocycles. The fourth-order valence-corrected chi connectivity index (χ4v) is 2.40. The van der Waals surface area contributed by atoms with Crippen molar-refractivity contribution in [3.63, 3.8) is 0 Å². The molecule has 3 nitrogen and oxygen atoms in total. The van der Waals surface area contributed by atoms with Crippen molar-refractivity contribution in [3.8, 4) is 5.75 Å². The summed E-state index contributed by atoms with van der Waals surface area (Å²) < 4.78 is 5.64. The summed E-state index contributed by atoms with van der Waals surface area (Å²) in [7, 11) is 1.84. The molecule has 1 amide bonds. The van der Waals surface area contributed by atoms with Gasteiger partial charge < -0.3 is 9.64 Å². The number of unbranched alkanes of at least 4 members (excludes halogenated alkanes) is 1. The number of hydrogen-bond acceptors (Lipinski definition) is 2. The molecule has 4 heteroatoms. The summed E-state index contributed by atoms with van der Waals surface area (Å²) in [4.78, 5) is 14.1. The van der Waals surface area contributed by atoms with Crippen LogP contribution >= 0.6 is 11.6 Å². The van der Waals surface area contributed by atoms with Gasteiger partial charge in [0.1, 0.15) is 5.75 Å². The molecule has 2 rings (SSSR count). The van der Waals surface area contributed by atoms with E-state index in [0.29, 0.717) is 11.6 Å². The second-order valence-corrected chi connectivity index (χ2v) is 6.04. The third-order valence-electron chi connectivity index (χ3n) is 3.58. The molecule has 0 bridgehead atoms. The summed E-state index contributed by atoms with van der Waals surface area (Å²) in [6, 6.07) is 15.0. The predicted octanol–water partition coefficient (Wildman–Crippen LogP) is 4.58. The number of ether oxygens (including phenoxy) is 1. The molecule has 0 aliphatic heterocycles. The molecule has 2 aromatic rings. The van der Waals surface area contributed by atoms with Crippen LogP contribution in [0.1, 0.15) is 28.8 Å². The highest BCUT2D eigenvalue weighted by molar-refractivity contribution is 6.30. The van der Waals surface area contributed by atoms with E-state index >= 15 is 0 Å². The SMILES string of the molecule is Cc1cccc(C(=O)N(C)CCCCOc2ccc(Cl)cc2)c1. The Labute approximate surface area is 142 Å². The van der Waals surface area contributed by atoms with Crippen LogP contribution < -0.4 is 4.74 Å². The van der Waals surface area contributed by atoms with Crippen LogP contribution in [0.3, 0.4) is 0 Å². The van der Waals surface area contributed by atoms with E-state index in [1.165, 1.54) is 0 Å². The van der Waals surface area contributed by atoms with Gasteiger partial charge in [-0.2, -0.15) is 0 Å². The highest BCUT2D eigenvalue weighted by Crippen LogP contribution is 2.15. The molecule has 0 spiro atoms. The first-order valence-electron chi connectivity index (χ1n) is 7.77. The largest absolute Gasteiger partial charge is 0.494 e. The summed E-state index contributed by atoms with van der Waals surface area (Å²) in [5.74, 6) is 0.880. The van der Waals surface area contributed by atoms with E-state index in [4.69, 9.17) is 16.3 Å². The summed E-state index contributed by atoms with van der Waals surface area (Å²) >= 11 is 5.83. The highest BCUT2D eigenvalue weighted by atomic mass is 35.5. The number of amides is 1. The van der Waals surface area contributed by atoms with Gasteiger partial charge in [-0.25, -0.2) is 0 Å². The lowest BCUT2D eigenvalue weighted by Crippen LogP contribution is -2.28. The average molecular weight is 332 g/mol. The standard InChI is InChI=1S/C19H22ClNO2/c1-15-6-5-7-16(14-15)19(22)21(2)12-3-4-13-23-18-10-8-17(20)9-11-18/h5-11,14H,3-4,12-13H2,1-2H3. The van der Waals surface area contributed by atoms with Crippen molar-refractivity contribution in [3.05, 3.63) is 64.7 Å². The van der Waals surface area contributed by atoms with E-state index in [1.54, 1.807) is 4.90 Å². The fraction of sp³-hybridized carbons (Fsp3) is 0.316. The first kappa shape index (κ1) is 17.4. The smallest absolute Gasteiger partial charge is 0.253 e. The minimum absolute atomic E-state index is 0.0623. The van der Waals surface area contributed by atoms with E-state index < -0.39 is 0 Å². The third-order valence-corrected chi connectivity index (χ3v) is 3.83. The molecule has 0 fully saturated rings. The number of halogens is 1. The van der Waals surface area contributed by atoms with Gasteiger partial charge in [-0.3, -0.25) is 4.79 Å². The number of benzene rings is 2. The molecule has 0 radical (unpaired) electrons. The van der Waals surface area contributed by atoms with Crippen LogP contribution in [0.2, 0.25) is 5.02 Å². The molecule has 23 heavy (non-hydrogen) atoms. The van der Waals surface area contributed by atoms with Gasteiger partial charge in [0, 0.05) is 24.2 Å². The first-order valence-corrected chi connectivity index (χ1v) is 8.14. The Morgan fingerprint density at radius 2 is 1.87 bits per heavy atom. The Hall–Kier alpha value is -2.00. The maximum atomic E-state index is 12.3. The van der Waals surface area contributed by atoms with Crippen molar-refractivity contribution in [2.45, 2.75) is 19.8 Å². The summed E-state index contributed by atoms with van der Waals surface area (Å²) in [5, 5.41) is 0.702. The van der Waals surface area contributed by atoms with Gasteiger partial charge in [-0.15, -0.1) is 0 Å². The molecule has 2 aromatic carbocycles. The lowest BCUT2D eigenvalue weighted by atomic mass is 10.1. The third kappa shape index (κ3) is 5.61. The summed E-state index contributed by atoms with van der Waals surface area (Å²) in [6.45, 7) is 3.34. The second kappa shape index (κ2) is 8.59. The van der Waals surface area contributed by atoms with Crippen LogP contribution in [-0.2, 0) is 0 Å². The molecule has 0 aliphatic rings. The van der Waals surface area contributed by atoms with Gasteiger partial charge in [-0.05, 0) is 56.2 Å². The zero-order valence-corrected chi connectivity index (χ0v) is 14.3.